The van der Waals surface area contributed by atoms with E-state index in [0.717, 1.165) is 0 Å². The second-order valence-corrected chi connectivity index (χ2v) is 5.48. The first-order chi connectivity index (χ1) is 8.25. The van der Waals surface area contributed by atoms with Crippen LogP contribution in [0.15, 0.2) is 23.1 Å². The number of hydrogen-bond donors (Lipinski definition) is 2. The van der Waals surface area contributed by atoms with Crippen molar-refractivity contribution in [3.63, 3.8) is 0 Å². The largest absolute Gasteiger partial charge is 0.479 e. The number of primary sulfonamides is 1. The lowest BCUT2D eigenvalue weighted by Gasteiger charge is -2.14. The molecule has 0 spiro atoms. The van der Waals surface area contributed by atoms with Gasteiger partial charge in [0.1, 0.15) is 5.75 Å². The monoisotopic (exact) mass is 292 g/mol. The number of amides is 1. The Morgan fingerprint density at radius 2 is 2.11 bits per heavy atom. The summed E-state index contributed by atoms with van der Waals surface area (Å²) in [5, 5.41) is 7.44. The van der Waals surface area contributed by atoms with Gasteiger partial charge in [-0.25, -0.2) is 13.6 Å². The molecule has 0 saturated carbocycles. The summed E-state index contributed by atoms with van der Waals surface area (Å²) < 4.78 is 27.5. The van der Waals surface area contributed by atoms with Gasteiger partial charge < -0.3 is 10.1 Å². The maximum atomic E-state index is 11.3. The molecule has 1 aromatic carbocycles. The van der Waals surface area contributed by atoms with Crippen LogP contribution in [0.3, 0.4) is 0 Å². The summed E-state index contributed by atoms with van der Waals surface area (Å²) in [6, 6.07) is 3.78. The molecule has 1 atom stereocenters. The molecule has 0 aliphatic heterocycles. The van der Waals surface area contributed by atoms with E-state index in [1.54, 1.807) is 6.92 Å². The quantitative estimate of drug-likeness (QED) is 0.844. The highest BCUT2D eigenvalue weighted by atomic mass is 35.5. The molecule has 3 N–H and O–H groups in total. The van der Waals surface area contributed by atoms with Crippen molar-refractivity contribution >= 4 is 27.5 Å². The molecule has 0 aliphatic rings. The molecule has 0 heterocycles. The molecule has 1 amide bonds. The Labute approximate surface area is 110 Å². The summed E-state index contributed by atoms with van der Waals surface area (Å²) >= 11 is 5.85. The van der Waals surface area contributed by atoms with Crippen LogP contribution >= 0.6 is 11.6 Å². The van der Waals surface area contributed by atoms with Crippen LogP contribution in [-0.2, 0) is 14.8 Å². The number of benzene rings is 1. The van der Waals surface area contributed by atoms with E-state index in [0.29, 0.717) is 0 Å². The number of nitrogens with one attached hydrogen (secondary N) is 1. The zero-order valence-corrected chi connectivity index (χ0v) is 11.4. The minimum atomic E-state index is -3.81. The SMILES string of the molecule is CNC(=O)C(C)Oc1ccc(S(N)(=O)=O)cc1Cl. The van der Waals surface area contributed by atoms with E-state index in [1.807, 2.05) is 0 Å². The summed E-state index contributed by atoms with van der Waals surface area (Å²) in [6.45, 7) is 1.54. The predicted octanol–water partition coefficient (Wildman–Crippen LogP) is 0.501. The van der Waals surface area contributed by atoms with Crippen molar-refractivity contribution in [1.82, 2.24) is 5.32 Å². The van der Waals surface area contributed by atoms with Crippen molar-refractivity contribution in [3.8, 4) is 5.75 Å². The van der Waals surface area contributed by atoms with Crippen molar-refractivity contribution in [1.29, 1.82) is 0 Å². The molecule has 0 bridgehead atoms. The van der Waals surface area contributed by atoms with Gasteiger partial charge >= 0.3 is 0 Å². The Bertz CT molecular complexity index is 559. The zero-order chi connectivity index (χ0) is 13.9. The van der Waals surface area contributed by atoms with Crippen LogP contribution in [0.25, 0.3) is 0 Å². The third-order valence-electron chi connectivity index (χ3n) is 2.15. The number of carbonyl (C=O) groups excluding carboxylic acids is 1. The first-order valence-electron chi connectivity index (χ1n) is 4.96. The lowest BCUT2D eigenvalue weighted by atomic mass is 10.3. The molecule has 0 fully saturated rings. The van der Waals surface area contributed by atoms with Crippen LogP contribution in [0.2, 0.25) is 5.02 Å². The van der Waals surface area contributed by atoms with Crippen molar-refractivity contribution < 1.29 is 17.9 Å². The average molecular weight is 293 g/mol. The lowest BCUT2D eigenvalue weighted by molar-refractivity contribution is -0.126. The second-order valence-electron chi connectivity index (χ2n) is 3.51. The van der Waals surface area contributed by atoms with E-state index >= 15 is 0 Å². The molecule has 100 valence electrons. The van der Waals surface area contributed by atoms with E-state index < -0.39 is 16.1 Å². The molecule has 18 heavy (non-hydrogen) atoms. The number of hydrogen-bond acceptors (Lipinski definition) is 4. The number of likely N-dealkylation sites (N-methyl/N-ethyl adjacent to an activating group) is 1. The molecule has 0 radical (unpaired) electrons. The number of ether oxygens (including phenoxy) is 1. The third kappa shape index (κ3) is 3.59. The van der Waals surface area contributed by atoms with Crippen molar-refractivity contribution in [2.45, 2.75) is 17.9 Å². The average Bonchev–Trinajstić information content (AvgIpc) is 2.29. The molecule has 1 unspecified atom stereocenters. The first kappa shape index (κ1) is 14.7. The Morgan fingerprint density at radius 1 is 1.50 bits per heavy atom. The van der Waals surface area contributed by atoms with Gasteiger partial charge in [0.2, 0.25) is 10.0 Å². The fourth-order valence-corrected chi connectivity index (χ4v) is 2.03. The molecule has 1 rings (SSSR count). The van der Waals surface area contributed by atoms with E-state index in [9.17, 15) is 13.2 Å². The summed E-state index contributed by atoms with van der Waals surface area (Å²) in [5.41, 5.74) is 0. The van der Waals surface area contributed by atoms with Gasteiger partial charge in [-0.1, -0.05) is 11.6 Å². The zero-order valence-electron chi connectivity index (χ0n) is 9.81. The number of halogens is 1. The minimum Gasteiger partial charge on any atom is -0.479 e. The Morgan fingerprint density at radius 3 is 2.56 bits per heavy atom. The van der Waals surface area contributed by atoms with Crippen LogP contribution in [0.4, 0.5) is 0 Å². The maximum Gasteiger partial charge on any atom is 0.260 e. The van der Waals surface area contributed by atoms with Crippen LogP contribution in [0.5, 0.6) is 5.75 Å². The number of carbonyl (C=O) groups is 1. The highest BCUT2D eigenvalue weighted by molar-refractivity contribution is 7.89. The number of sulfonamides is 1. The second kappa shape index (κ2) is 5.55. The van der Waals surface area contributed by atoms with Gasteiger partial charge in [-0.2, -0.15) is 0 Å². The van der Waals surface area contributed by atoms with Gasteiger partial charge in [0.15, 0.2) is 6.10 Å². The highest BCUT2D eigenvalue weighted by Crippen LogP contribution is 2.27. The molecule has 1 aromatic rings. The van der Waals surface area contributed by atoms with Crippen LogP contribution in [-0.4, -0.2) is 27.5 Å². The highest BCUT2D eigenvalue weighted by Gasteiger charge is 2.16. The molecular weight excluding hydrogens is 280 g/mol. The van der Waals surface area contributed by atoms with Crippen LogP contribution in [0, 0.1) is 0 Å². The summed E-state index contributed by atoms with van der Waals surface area (Å²) in [7, 11) is -2.33. The molecule has 0 aliphatic carbocycles. The van der Waals surface area contributed by atoms with Crippen molar-refractivity contribution in [2.24, 2.45) is 5.14 Å². The van der Waals surface area contributed by atoms with Crippen molar-refractivity contribution in [2.75, 3.05) is 7.05 Å². The minimum absolute atomic E-state index is 0.0669. The normalized spacial score (nSPS) is 12.9. The van der Waals surface area contributed by atoms with Crippen LogP contribution in [0.1, 0.15) is 6.92 Å². The van der Waals surface area contributed by atoms with E-state index in [2.05, 4.69) is 5.32 Å². The van der Waals surface area contributed by atoms with Crippen molar-refractivity contribution in [3.05, 3.63) is 23.2 Å². The molecular formula is C10H13ClN2O4S. The van der Waals surface area contributed by atoms with Crippen LogP contribution < -0.4 is 15.2 Å². The molecule has 0 saturated heterocycles. The molecule has 6 nitrogen and oxygen atoms in total. The molecule has 0 aromatic heterocycles. The Balaban J connectivity index is 2.97. The summed E-state index contributed by atoms with van der Waals surface area (Å²) in [4.78, 5) is 11.1. The van der Waals surface area contributed by atoms with Gasteiger partial charge in [-0.3, -0.25) is 4.79 Å². The van der Waals surface area contributed by atoms with Gasteiger partial charge in [0, 0.05) is 7.05 Å². The smallest absolute Gasteiger partial charge is 0.260 e. The Hall–Kier alpha value is -1.31. The fraction of sp³-hybridized carbons (Fsp3) is 0.300. The molecule has 8 heteroatoms. The predicted molar refractivity (Wildman–Crippen MR) is 67.0 cm³/mol. The van der Waals surface area contributed by atoms with E-state index in [4.69, 9.17) is 21.5 Å². The van der Waals surface area contributed by atoms with Gasteiger partial charge in [-0.05, 0) is 25.1 Å². The topological polar surface area (TPSA) is 98.5 Å². The fourth-order valence-electron chi connectivity index (χ4n) is 1.20. The third-order valence-corrected chi connectivity index (χ3v) is 3.36. The lowest BCUT2D eigenvalue weighted by Crippen LogP contribution is -2.33. The van der Waals surface area contributed by atoms with Gasteiger partial charge in [-0.15, -0.1) is 0 Å². The summed E-state index contributed by atoms with van der Waals surface area (Å²) in [5.74, 6) is -0.109. The maximum absolute atomic E-state index is 11.3. The van der Waals surface area contributed by atoms with E-state index in [-0.39, 0.29) is 21.6 Å². The Kier molecular flexibility index (Phi) is 4.55. The van der Waals surface area contributed by atoms with Gasteiger partial charge in [0.05, 0.1) is 9.92 Å². The number of nitrogens with two attached hydrogens (primary N) is 1. The van der Waals surface area contributed by atoms with Gasteiger partial charge in [0.25, 0.3) is 5.91 Å². The van der Waals surface area contributed by atoms with E-state index in [1.165, 1.54) is 25.2 Å². The number of rotatable bonds is 4. The summed E-state index contributed by atoms with van der Waals surface area (Å²) in [6.07, 6.45) is -0.743. The standard InChI is InChI=1S/C10H13ClN2O4S/c1-6(10(14)13-2)17-9-4-3-7(5-8(9)11)18(12,15)16/h3-6H,1-2H3,(H,13,14)(H2,12,15,16). The first-order valence-corrected chi connectivity index (χ1v) is 6.88.